The lowest BCUT2D eigenvalue weighted by atomic mass is 9.97. The van der Waals surface area contributed by atoms with Crippen LogP contribution in [0.1, 0.15) is 46.0 Å². The standard InChI is InChI=1S/C15H23NO3/c1-15(2)11(12(15)14(18)19)13(17)16-9-8-10-6-4-3-5-7-10/h6,11-12H,3-5,7-9H2,1-2H3,(H,16,17)(H,18,19)/t11-,12+/m1/s1. The van der Waals surface area contributed by atoms with Crippen molar-refractivity contribution in [1.82, 2.24) is 5.32 Å². The number of carboxylic acid groups (broad SMARTS) is 1. The summed E-state index contributed by atoms with van der Waals surface area (Å²) in [5, 5.41) is 11.9. The average molecular weight is 265 g/mol. The smallest absolute Gasteiger partial charge is 0.307 e. The van der Waals surface area contributed by atoms with Crippen LogP contribution in [-0.2, 0) is 9.59 Å². The van der Waals surface area contributed by atoms with Crippen LogP contribution in [0.25, 0.3) is 0 Å². The van der Waals surface area contributed by atoms with Crippen molar-refractivity contribution in [3.8, 4) is 0 Å². The van der Waals surface area contributed by atoms with Crippen LogP contribution in [0, 0.1) is 17.3 Å². The highest BCUT2D eigenvalue weighted by molar-refractivity contribution is 5.91. The minimum Gasteiger partial charge on any atom is -0.481 e. The second kappa shape index (κ2) is 5.35. The van der Waals surface area contributed by atoms with E-state index in [1.54, 1.807) is 0 Å². The first-order valence-corrected chi connectivity index (χ1v) is 7.13. The van der Waals surface area contributed by atoms with Crippen molar-refractivity contribution in [3.63, 3.8) is 0 Å². The van der Waals surface area contributed by atoms with Gasteiger partial charge in [0.25, 0.3) is 0 Å². The largest absolute Gasteiger partial charge is 0.481 e. The van der Waals surface area contributed by atoms with Crippen LogP contribution in [0.2, 0.25) is 0 Å². The normalized spacial score (nSPS) is 28.4. The lowest BCUT2D eigenvalue weighted by molar-refractivity contribution is -0.140. The predicted molar refractivity (Wildman–Crippen MR) is 72.6 cm³/mol. The number of allylic oxidation sites excluding steroid dienone is 1. The van der Waals surface area contributed by atoms with E-state index in [2.05, 4.69) is 11.4 Å². The number of carboxylic acids is 1. The van der Waals surface area contributed by atoms with E-state index in [1.807, 2.05) is 13.8 Å². The van der Waals surface area contributed by atoms with Crippen LogP contribution in [0.15, 0.2) is 11.6 Å². The van der Waals surface area contributed by atoms with E-state index >= 15 is 0 Å². The minimum absolute atomic E-state index is 0.103. The zero-order chi connectivity index (χ0) is 14.0. The quantitative estimate of drug-likeness (QED) is 0.750. The van der Waals surface area contributed by atoms with Crippen LogP contribution in [0.4, 0.5) is 0 Å². The molecule has 0 radical (unpaired) electrons. The molecule has 0 aliphatic heterocycles. The third-order valence-electron chi connectivity index (χ3n) is 4.51. The summed E-state index contributed by atoms with van der Waals surface area (Å²) in [7, 11) is 0. The Bertz CT molecular complexity index is 412. The third-order valence-corrected chi connectivity index (χ3v) is 4.51. The highest BCUT2D eigenvalue weighted by Gasteiger charge is 2.65. The van der Waals surface area contributed by atoms with Crippen LogP contribution >= 0.6 is 0 Å². The summed E-state index contributed by atoms with van der Waals surface area (Å²) < 4.78 is 0. The number of nitrogens with one attached hydrogen (secondary N) is 1. The van der Waals surface area contributed by atoms with Gasteiger partial charge < -0.3 is 10.4 Å². The summed E-state index contributed by atoms with van der Waals surface area (Å²) in [5.74, 6) is -1.86. The first-order valence-electron chi connectivity index (χ1n) is 7.13. The summed E-state index contributed by atoms with van der Waals surface area (Å²) in [6, 6.07) is 0. The van der Waals surface area contributed by atoms with Gasteiger partial charge in [-0.25, -0.2) is 0 Å². The third kappa shape index (κ3) is 2.99. The van der Waals surface area contributed by atoms with Gasteiger partial charge in [0.2, 0.25) is 5.91 Å². The van der Waals surface area contributed by atoms with Gasteiger partial charge in [-0.05, 0) is 37.5 Å². The second-order valence-corrected chi connectivity index (χ2v) is 6.26. The van der Waals surface area contributed by atoms with Crippen molar-refractivity contribution in [2.45, 2.75) is 46.0 Å². The first-order chi connectivity index (χ1) is 8.94. The molecular weight excluding hydrogens is 242 g/mol. The topological polar surface area (TPSA) is 66.4 Å². The van der Waals surface area contributed by atoms with Crippen molar-refractivity contribution < 1.29 is 14.7 Å². The Morgan fingerprint density at radius 3 is 2.63 bits per heavy atom. The van der Waals surface area contributed by atoms with Gasteiger partial charge in [0.15, 0.2) is 0 Å². The van der Waals surface area contributed by atoms with Gasteiger partial charge in [-0.3, -0.25) is 9.59 Å². The van der Waals surface area contributed by atoms with Gasteiger partial charge in [0, 0.05) is 6.54 Å². The van der Waals surface area contributed by atoms with Gasteiger partial charge in [-0.1, -0.05) is 25.5 Å². The lowest BCUT2D eigenvalue weighted by Crippen LogP contribution is -2.28. The van der Waals surface area contributed by atoms with E-state index in [9.17, 15) is 9.59 Å². The molecule has 1 saturated carbocycles. The summed E-state index contributed by atoms with van der Waals surface area (Å²) in [5.41, 5.74) is 1.02. The predicted octanol–water partition coefficient (Wildman–Crippen LogP) is 2.35. The molecule has 19 heavy (non-hydrogen) atoms. The second-order valence-electron chi connectivity index (χ2n) is 6.26. The summed E-state index contributed by atoms with van der Waals surface area (Å²) in [4.78, 5) is 23.0. The Morgan fingerprint density at radius 1 is 1.37 bits per heavy atom. The number of carbonyl (C=O) groups is 2. The molecule has 4 nitrogen and oxygen atoms in total. The molecule has 0 heterocycles. The van der Waals surface area contributed by atoms with Crippen LogP contribution in [0.5, 0.6) is 0 Å². The van der Waals surface area contributed by atoms with E-state index in [-0.39, 0.29) is 11.8 Å². The molecule has 0 unspecified atom stereocenters. The molecule has 2 N–H and O–H groups in total. The molecule has 2 aliphatic carbocycles. The van der Waals surface area contributed by atoms with Crippen molar-refractivity contribution in [2.24, 2.45) is 17.3 Å². The maximum atomic E-state index is 12.0. The summed E-state index contributed by atoms with van der Waals surface area (Å²) in [6.45, 7) is 4.32. The molecule has 0 bridgehead atoms. The molecule has 1 amide bonds. The van der Waals surface area contributed by atoms with E-state index in [0.717, 1.165) is 19.3 Å². The van der Waals surface area contributed by atoms with Gasteiger partial charge in [0.1, 0.15) is 0 Å². The van der Waals surface area contributed by atoms with Crippen LogP contribution in [0.3, 0.4) is 0 Å². The molecule has 2 atom stereocenters. The van der Waals surface area contributed by atoms with Crippen molar-refractivity contribution in [1.29, 1.82) is 0 Å². The first kappa shape index (κ1) is 14.1. The number of hydrogen-bond acceptors (Lipinski definition) is 2. The number of hydrogen-bond donors (Lipinski definition) is 2. The zero-order valence-corrected chi connectivity index (χ0v) is 11.7. The van der Waals surface area contributed by atoms with Crippen molar-refractivity contribution in [2.75, 3.05) is 6.54 Å². The fraction of sp³-hybridized carbons (Fsp3) is 0.733. The van der Waals surface area contributed by atoms with Gasteiger partial charge in [-0.15, -0.1) is 0 Å². The molecule has 0 saturated heterocycles. The molecule has 2 rings (SSSR count). The monoisotopic (exact) mass is 265 g/mol. The highest BCUT2D eigenvalue weighted by atomic mass is 16.4. The lowest BCUT2D eigenvalue weighted by Gasteiger charge is -2.13. The zero-order valence-electron chi connectivity index (χ0n) is 11.7. The number of carbonyl (C=O) groups excluding carboxylic acids is 1. The summed E-state index contributed by atoms with van der Waals surface area (Å²) in [6.07, 6.45) is 7.99. The Hall–Kier alpha value is -1.32. The Labute approximate surface area is 114 Å². The number of aliphatic carboxylic acids is 1. The van der Waals surface area contributed by atoms with Gasteiger partial charge in [0.05, 0.1) is 11.8 Å². The molecular formula is C15H23NO3. The Balaban J connectivity index is 1.76. The van der Waals surface area contributed by atoms with E-state index in [0.29, 0.717) is 6.54 Å². The SMILES string of the molecule is CC1(C)[C@H](C(=O)O)[C@@H]1C(=O)NCCC1=CCCCC1. The van der Waals surface area contributed by atoms with E-state index < -0.39 is 17.3 Å². The van der Waals surface area contributed by atoms with Crippen molar-refractivity contribution >= 4 is 11.9 Å². The van der Waals surface area contributed by atoms with Crippen LogP contribution < -0.4 is 5.32 Å². The molecule has 106 valence electrons. The molecule has 0 spiro atoms. The Kier molecular flexibility index (Phi) is 3.97. The van der Waals surface area contributed by atoms with Gasteiger partial charge >= 0.3 is 5.97 Å². The van der Waals surface area contributed by atoms with Gasteiger partial charge in [-0.2, -0.15) is 0 Å². The molecule has 1 fully saturated rings. The number of rotatable bonds is 5. The Morgan fingerprint density at radius 2 is 2.11 bits per heavy atom. The maximum Gasteiger partial charge on any atom is 0.307 e. The van der Waals surface area contributed by atoms with E-state index in [4.69, 9.17) is 5.11 Å². The highest BCUT2D eigenvalue weighted by Crippen LogP contribution is 2.58. The van der Waals surface area contributed by atoms with Crippen LogP contribution in [-0.4, -0.2) is 23.5 Å². The average Bonchev–Trinajstić information content (AvgIpc) is 2.94. The maximum absolute atomic E-state index is 12.0. The van der Waals surface area contributed by atoms with Crippen molar-refractivity contribution in [3.05, 3.63) is 11.6 Å². The molecule has 0 aromatic heterocycles. The molecule has 0 aromatic rings. The fourth-order valence-electron chi connectivity index (χ4n) is 3.18. The summed E-state index contributed by atoms with van der Waals surface area (Å²) >= 11 is 0. The van der Waals surface area contributed by atoms with E-state index in [1.165, 1.54) is 18.4 Å². The molecule has 2 aliphatic rings. The minimum atomic E-state index is -0.861. The molecule has 0 aromatic carbocycles. The number of amides is 1. The fourth-order valence-corrected chi connectivity index (χ4v) is 3.18. The molecule has 4 heteroatoms.